The van der Waals surface area contributed by atoms with Crippen LogP contribution in [-0.4, -0.2) is 169 Å². The quantitative estimate of drug-likeness (QED) is 0.266. The van der Waals surface area contributed by atoms with Gasteiger partial charge in [0.25, 0.3) is 0 Å². The Morgan fingerprint density at radius 2 is 0.710 bits per heavy atom. The van der Waals surface area contributed by atoms with Gasteiger partial charge in [0.1, 0.15) is 0 Å². The van der Waals surface area contributed by atoms with Crippen LogP contribution >= 0.6 is 0 Å². The summed E-state index contributed by atoms with van der Waals surface area (Å²) in [7, 11) is 9.29. The molecule has 0 N–H and O–H groups in total. The minimum absolute atomic E-state index is 0.0913. The van der Waals surface area contributed by atoms with Gasteiger partial charge in [0, 0.05) is 106 Å². The fourth-order valence-electron chi connectivity index (χ4n) is 8.63. The highest BCUT2D eigenvalue weighted by atomic mass is 16.2. The number of hydrogen-bond acceptors (Lipinski definition) is 4. The van der Waals surface area contributed by atoms with E-state index in [-0.39, 0.29) is 35.7 Å². The molecule has 0 spiro atoms. The molecule has 0 unspecified atom stereocenters. The third kappa shape index (κ3) is 19.0. The average molecular weight is 877 g/mol. The molecule has 4 aliphatic rings. The zero-order chi connectivity index (χ0) is 47.6. The summed E-state index contributed by atoms with van der Waals surface area (Å²) in [4.78, 5) is 62.9. The third-order valence-electron chi connectivity index (χ3n) is 14.6. The lowest BCUT2D eigenvalue weighted by molar-refractivity contribution is 0.104. The predicted octanol–water partition coefficient (Wildman–Crippen LogP) is 10.5. The first-order chi connectivity index (χ1) is 28.7. The molecule has 0 atom stereocenters. The van der Waals surface area contributed by atoms with Crippen LogP contribution in [0.25, 0.3) is 0 Å². The molecule has 0 saturated carbocycles. The van der Waals surface area contributed by atoms with Crippen LogP contribution in [-0.2, 0) is 0 Å². The van der Waals surface area contributed by atoms with Crippen LogP contribution < -0.4 is 0 Å². The molecule has 62 heavy (non-hydrogen) atoms. The molecule has 0 aromatic heterocycles. The number of likely N-dealkylation sites (tertiary alicyclic amines) is 4. The molecule has 0 radical (unpaired) electrons. The van der Waals surface area contributed by atoms with Gasteiger partial charge < -0.3 is 39.2 Å². The Bertz CT molecular complexity index is 1280. The van der Waals surface area contributed by atoms with E-state index in [0.29, 0.717) is 0 Å². The topological polar surface area (TPSA) is 94.2 Å². The van der Waals surface area contributed by atoms with Gasteiger partial charge in [-0.15, -0.1) is 0 Å². The van der Waals surface area contributed by atoms with Crippen LogP contribution in [0.1, 0.15) is 148 Å². The zero-order valence-electron chi connectivity index (χ0n) is 43.9. The minimum Gasteiger partial charge on any atom is -0.331 e. The molecule has 0 aromatic rings. The van der Waals surface area contributed by atoms with Crippen molar-refractivity contribution in [3.63, 3.8) is 0 Å². The number of carbonyl (C=O) groups excluding carboxylic acids is 4. The summed E-state index contributed by atoms with van der Waals surface area (Å²) in [5.41, 5.74) is -0.0913. The Morgan fingerprint density at radius 1 is 0.452 bits per heavy atom. The fourth-order valence-corrected chi connectivity index (χ4v) is 8.63. The number of amides is 8. The van der Waals surface area contributed by atoms with Crippen LogP contribution in [0.3, 0.4) is 0 Å². The Labute approximate surface area is 382 Å². The predicted molar refractivity (Wildman–Crippen MR) is 261 cm³/mol. The SMILES string of the molecule is CC(C)C1CCN(C(=O)N(C)C(C)(C)C)CC1.CC(C)C1CCN(C(=O)N(C)C(C)C)CC1.CC(C)C1CCN(C(=O)N(C)C)CC1.CCN(C)C(=O)N1CCC(C(C)C)CC1. The molecular weight excluding hydrogens is 777 g/mol. The highest BCUT2D eigenvalue weighted by molar-refractivity contribution is 5.75. The Hall–Kier alpha value is -2.92. The molecule has 4 fully saturated rings. The van der Waals surface area contributed by atoms with Gasteiger partial charge in [0.2, 0.25) is 0 Å². The molecular formula is C50H100N8O4. The third-order valence-corrected chi connectivity index (χ3v) is 14.6. The largest absolute Gasteiger partial charge is 0.331 e. The van der Waals surface area contributed by atoms with Crippen molar-refractivity contribution >= 4 is 24.1 Å². The molecule has 364 valence electrons. The van der Waals surface area contributed by atoms with Gasteiger partial charge in [-0.2, -0.15) is 0 Å². The normalized spacial score (nSPS) is 18.5. The standard InChI is InChI=1S/C14H28N2O.C13H26N2O.C12H24N2O.C11H22N2O/c1-11(2)12-7-9-16(10-8-12)13(17)15(6)14(3,4)5;1-10(2)12-6-8-15(9-7-12)13(16)14(5)11(3)4;1-5-13(4)12(15)14-8-6-11(7-9-14)10(2)3;1-9(2)10-5-7-13(8-6-10)11(14)12(3)4/h11-12H,7-10H2,1-6H3;10-12H,6-9H2,1-5H3;10-11H,5-9H2,1-4H3;9-10H,5-8H2,1-4H3. The maximum Gasteiger partial charge on any atom is 0.320 e. The van der Waals surface area contributed by atoms with Crippen molar-refractivity contribution in [1.29, 1.82) is 0 Å². The molecule has 0 bridgehead atoms. The summed E-state index contributed by atoms with van der Waals surface area (Å²) in [6.07, 6.45) is 9.30. The van der Waals surface area contributed by atoms with Gasteiger partial charge in [0.05, 0.1) is 0 Å². The van der Waals surface area contributed by atoms with Gasteiger partial charge in [-0.05, 0) is 140 Å². The first-order valence-electron chi connectivity index (χ1n) is 24.7. The van der Waals surface area contributed by atoms with Crippen molar-refractivity contribution < 1.29 is 19.2 Å². The Balaban J connectivity index is 0.000000414. The van der Waals surface area contributed by atoms with Crippen molar-refractivity contribution in [2.45, 2.75) is 160 Å². The molecule has 4 saturated heterocycles. The molecule has 4 heterocycles. The van der Waals surface area contributed by atoms with Crippen molar-refractivity contribution in [3.05, 3.63) is 0 Å². The van der Waals surface area contributed by atoms with Crippen molar-refractivity contribution in [1.82, 2.24) is 39.2 Å². The van der Waals surface area contributed by atoms with Crippen molar-refractivity contribution in [2.24, 2.45) is 47.3 Å². The lowest BCUT2D eigenvalue weighted by Crippen LogP contribution is -2.51. The number of carbonyl (C=O) groups is 4. The highest BCUT2D eigenvalue weighted by Gasteiger charge is 2.31. The van der Waals surface area contributed by atoms with Gasteiger partial charge in [0.15, 0.2) is 0 Å². The van der Waals surface area contributed by atoms with Gasteiger partial charge in [-0.3, -0.25) is 0 Å². The lowest BCUT2D eigenvalue weighted by Gasteiger charge is -2.40. The van der Waals surface area contributed by atoms with E-state index in [2.05, 4.69) is 90.0 Å². The molecule has 8 amide bonds. The molecule has 12 heteroatoms. The second-order valence-corrected chi connectivity index (χ2v) is 21.7. The first-order valence-corrected chi connectivity index (χ1v) is 24.7. The summed E-state index contributed by atoms with van der Waals surface area (Å²) in [5.74, 6) is 6.21. The molecule has 4 aliphatic heterocycles. The first kappa shape index (κ1) is 57.1. The van der Waals surface area contributed by atoms with E-state index in [0.717, 1.165) is 145 Å². The second kappa shape index (κ2) is 27.4. The van der Waals surface area contributed by atoms with E-state index in [1.807, 2.05) is 71.6 Å². The van der Waals surface area contributed by atoms with Gasteiger partial charge in [-0.1, -0.05) is 55.4 Å². The number of piperidine rings is 4. The maximum atomic E-state index is 12.3. The van der Waals surface area contributed by atoms with Crippen LogP contribution in [0.4, 0.5) is 19.2 Å². The van der Waals surface area contributed by atoms with Gasteiger partial charge in [-0.25, -0.2) is 19.2 Å². The summed E-state index contributed by atoms with van der Waals surface area (Å²) < 4.78 is 0. The Morgan fingerprint density at radius 3 is 0.935 bits per heavy atom. The van der Waals surface area contributed by atoms with Crippen LogP contribution in [0.2, 0.25) is 0 Å². The van der Waals surface area contributed by atoms with Crippen LogP contribution in [0, 0.1) is 47.3 Å². The van der Waals surface area contributed by atoms with E-state index in [1.165, 1.54) is 12.8 Å². The molecule has 4 rings (SSSR count). The molecule has 0 aliphatic carbocycles. The van der Waals surface area contributed by atoms with E-state index >= 15 is 0 Å². The van der Waals surface area contributed by atoms with E-state index in [4.69, 9.17) is 0 Å². The zero-order valence-corrected chi connectivity index (χ0v) is 43.9. The molecule has 12 nitrogen and oxygen atoms in total. The average Bonchev–Trinajstić information content (AvgIpc) is 3.24. The Kier molecular flexibility index (Phi) is 25.2. The molecule has 0 aromatic carbocycles. The van der Waals surface area contributed by atoms with Gasteiger partial charge >= 0.3 is 24.1 Å². The second-order valence-electron chi connectivity index (χ2n) is 21.7. The summed E-state index contributed by atoms with van der Waals surface area (Å²) >= 11 is 0. The fraction of sp³-hybridized carbons (Fsp3) is 0.920. The summed E-state index contributed by atoms with van der Waals surface area (Å²) in [6, 6.07) is 1.01. The highest BCUT2D eigenvalue weighted by Crippen LogP contribution is 2.28. The monoisotopic (exact) mass is 877 g/mol. The summed E-state index contributed by atoms with van der Waals surface area (Å²) in [5, 5.41) is 0. The van der Waals surface area contributed by atoms with Crippen LogP contribution in [0.15, 0.2) is 0 Å². The van der Waals surface area contributed by atoms with E-state index < -0.39 is 0 Å². The minimum atomic E-state index is -0.0913. The maximum absolute atomic E-state index is 12.3. The number of nitrogens with zero attached hydrogens (tertiary/aromatic N) is 8. The van der Waals surface area contributed by atoms with Crippen LogP contribution in [0.5, 0.6) is 0 Å². The van der Waals surface area contributed by atoms with Crippen molar-refractivity contribution in [3.8, 4) is 0 Å². The number of urea groups is 4. The van der Waals surface area contributed by atoms with E-state index in [9.17, 15) is 19.2 Å². The number of rotatable bonds is 6. The lowest BCUT2D eigenvalue weighted by atomic mass is 9.87. The smallest absolute Gasteiger partial charge is 0.320 e. The van der Waals surface area contributed by atoms with Crippen molar-refractivity contribution in [2.75, 3.05) is 94.1 Å². The summed E-state index contributed by atoms with van der Waals surface area (Å²) in [6.45, 7) is 38.8. The number of hydrogen-bond donors (Lipinski definition) is 0. The van der Waals surface area contributed by atoms with E-state index in [1.54, 1.807) is 9.80 Å².